The number of nitrogens with one attached hydrogen (secondary N) is 2. The summed E-state index contributed by atoms with van der Waals surface area (Å²) in [5.41, 5.74) is 8.07. The van der Waals surface area contributed by atoms with Crippen LogP contribution >= 0.6 is 0 Å². The second-order valence-electron chi connectivity index (χ2n) is 6.74. The number of nitrogens with two attached hydrogens (primary N) is 1. The zero-order valence-electron chi connectivity index (χ0n) is 15.7. The molecule has 0 spiro atoms. The number of aromatic nitrogens is 2. The van der Waals surface area contributed by atoms with Crippen LogP contribution in [0.4, 0.5) is 23.0 Å². The van der Waals surface area contributed by atoms with Gasteiger partial charge in [0.05, 0.1) is 12.2 Å². The van der Waals surface area contributed by atoms with Crippen molar-refractivity contribution in [1.82, 2.24) is 9.97 Å². The van der Waals surface area contributed by atoms with Gasteiger partial charge in [0.25, 0.3) is 0 Å². The number of nitrogen functional groups attached to an aromatic ring is 1. The summed E-state index contributed by atoms with van der Waals surface area (Å²) in [6.07, 6.45) is 8.85. The number of carbonyl (C=O) groups excluding carboxylic acids is 1. The smallest absolute Gasteiger partial charge is 0.338 e. The van der Waals surface area contributed by atoms with Crippen LogP contribution in [0.5, 0.6) is 0 Å². The molecular formula is C20H27N5O2. The Hall–Kier alpha value is -2.83. The second kappa shape index (κ2) is 9.21. The Morgan fingerprint density at radius 3 is 2.44 bits per heavy atom. The van der Waals surface area contributed by atoms with Gasteiger partial charge >= 0.3 is 5.97 Å². The average molecular weight is 369 g/mol. The number of hydrogen-bond donors (Lipinski definition) is 3. The molecule has 0 radical (unpaired) electrons. The molecule has 7 heteroatoms. The maximum Gasteiger partial charge on any atom is 0.338 e. The van der Waals surface area contributed by atoms with Gasteiger partial charge in [-0.1, -0.05) is 25.7 Å². The zero-order valence-corrected chi connectivity index (χ0v) is 15.7. The maximum atomic E-state index is 11.7. The van der Waals surface area contributed by atoms with Gasteiger partial charge in [0, 0.05) is 11.7 Å². The van der Waals surface area contributed by atoms with Crippen LogP contribution in [0.2, 0.25) is 0 Å². The Kier molecular flexibility index (Phi) is 6.46. The van der Waals surface area contributed by atoms with E-state index in [9.17, 15) is 4.79 Å². The first-order valence-electron chi connectivity index (χ1n) is 9.58. The van der Waals surface area contributed by atoms with E-state index in [0.717, 1.165) is 18.5 Å². The van der Waals surface area contributed by atoms with Gasteiger partial charge in [0.1, 0.15) is 12.0 Å². The molecule has 0 saturated heterocycles. The highest BCUT2D eigenvalue weighted by molar-refractivity contribution is 5.90. The molecule has 2 aromatic rings. The first kappa shape index (κ1) is 18.9. The number of anilines is 4. The molecule has 0 atom stereocenters. The maximum absolute atomic E-state index is 11.7. The highest BCUT2D eigenvalue weighted by Crippen LogP contribution is 2.28. The van der Waals surface area contributed by atoms with E-state index in [-0.39, 0.29) is 5.97 Å². The molecule has 1 fully saturated rings. The van der Waals surface area contributed by atoms with Gasteiger partial charge in [-0.3, -0.25) is 0 Å². The Morgan fingerprint density at radius 1 is 1.11 bits per heavy atom. The molecular weight excluding hydrogens is 342 g/mol. The van der Waals surface area contributed by atoms with Crippen LogP contribution in [0.25, 0.3) is 0 Å². The fourth-order valence-corrected chi connectivity index (χ4v) is 3.27. The lowest BCUT2D eigenvalue weighted by Crippen LogP contribution is -2.20. The normalized spacial score (nSPS) is 15.0. The van der Waals surface area contributed by atoms with Gasteiger partial charge in [-0.05, 0) is 44.0 Å². The van der Waals surface area contributed by atoms with E-state index in [4.69, 9.17) is 10.5 Å². The van der Waals surface area contributed by atoms with E-state index in [1.807, 2.05) is 0 Å². The standard InChI is InChI=1S/C20H27N5O2/c1-2-27-20(26)14-9-11-16(12-10-14)25-19-17(21)18(22-13-23-19)24-15-7-5-3-4-6-8-15/h9-13,15H,2-8,21H2,1H3,(H2,22,23,24,25). The number of ether oxygens (including phenoxy) is 1. The Bertz CT molecular complexity index is 755. The summed E-state index contributed by atoms with van der Waals surface area (Å²) < 4.78 is 4.99. The molecule has 0 amide bonds. The Balaban J connectivity index is 1.69. The summed E-state index contributed by atoms with van der Waals surface area (Å²) in [6, 6.07) is 7.42. The topological polar surface area (TPSA) is 102 Å². The van der Waals surface area contributed by atoms with Crippen LogP contribution < -0.4 is 16.4 Å². The van der Waals surface area contributed by atoms with E-state index >= 15 is 0 Å². The molecule has 0 aliphatic heterocycles. The average Bonchev–Trinajstić information content (AvgIpc) is 2.94. The van der Waals surface area contributed by atoms with Gasteiger partial charge in [-0.25, -0.2) is 14.8 Å². The minimum atomic E-state index is -0.333. The van der Waals surface area contributed by atoms with E-state index in [1.54, 1.807) is 31.2 Å². The second-order valence-corrected chi connectivity index (χ2v) is 6.74. The number of nitrogens with zero attached hydrogens (tertiary/aromatic N) is 2. The first-order valence-corrected chi connectivity index (χ1v) is 9.58. The van der Waals surface area contributed by atoms with Crippen molar-refractivity contribution in [1.29, 1.82) is 0 Å². The van der Waals surface area contributed by atoms with Crippen LogP contribution in [0.15, 0.2) is 30.6 Å². The van der Waals surface area contributed by atoms with Gasteiger partial charge < -0.3 is 21.1 Å². The largest absolute Gasteiger partial charge is 0.462 e. The highest BCUT2D eigenvalue weighted by atomic mass is 16.5. The molecule has 4 N–H and O–H groups in total. The first-order chi connectivity index (χ1) is 13.2. The van der Waals surface area contributed by atoms with E-state index in [1.165, 1.54) is 32.0 Å². The van der Waals surface area contributed by atoms with E-state index in [0.29, 0.717) is 35.5 Å². The Morgan fingerprint density at radius 2 is 1.78 bits per heavy atom. The van der Waals surface area contributed by atoms with Gasteiger partial charge in [-0.15, -0.1) is 0 Å². The molecule has 1 saturated carbocycles. The van der Waals surface area contributed by atoms with Gasteiger partial charge in [-0.2, -0.15) is 0 Å². The fraction of sp³-hybridized carbons (Fsp3) is 0.450. The molecule has 1 aromatic carbocycles. The third-order valence-corrected chi connectivity index (χ3v) is 4.74. The summed E-state index contributed by atoms with van der Waals surface area (Å²) in [5, 5.41) is 6.67. The summed E-state index contributed by atoms with van der Waals surface area (Å²) >= 11 is 0. The number of benzene rings is 1. The third kappa shape index (κ3) is 5.09. The van der Waals surface area contributed by atoms with Gasteiger partial charge in [0.15, 0.2) is 11.6 Å². The minimum absolute atomic E-state index is 0.333. The SMILES string of the molecule is CCOC(=O)c1ccc(Nc2ncnc(NC3CCCCCC3)c2N)cc1. The Labute approximate surface area is 159 Å². The predicted molar refractivity (Wildman–Crippen MR) is 107 cm³/mol. The molecule has 3 rings (SSSR count). The molecule has 0 bridgehead atoms. The number of esters is 1. The summed E-state index contributed by atoms with van der Waals surface area (Å²) in [5.74, 6) is 0.882. The molecule has 0 unspecified atom stereocenters. The molecule has 1 aromatic heterocycles. The predicted octanol–water partition coefficient (Wildman–Crippen LogP) is 4.11. The van der Waals surface area contributed by atoms with Crippen LogP contribution in [-0.2, 0) is 4.74 Å². The number of rotatable bonds is 6. The quantitative estimate of drug-likeness (QED) is 0.520. The summed E-state index contributed by atoms with van der Waals surface area (Å²) in [6.45, 7) is 2.14. The van der Waals surface area contributed by atoms with Crippen molar-refractivity contribution in [2.45, 2.75) is 51.5 Å². The van der Waals surface area contributed by atoms with Gasteiger partial charge in [0.2, 0.25) is 0 Å². The number of carbonyl (C=O) groups is 1. The van der Waals surface area contributed by atoms with E-state index < -0.39 is 0 Å². The highest BCUT2D eigenvalue weighted by Gasteiger charge is 2.16. The fourth-order valence-electron chi connectivity index (χ4n) is 3.27. The molecule has 7 nitrogen and oxygen atoms in total. The number of hydrogen-bond acceptors (Lipinski definition) is 7. The molecule has 1 aliphatic rings. The van der Waals surface area contributed by atoms with Crippen molar-refractivity contribution in [2.24, 2.45) is 0 Å². The van der Waals surface area contributed by atoms with Crippen molar-refractivity contribution in [3.05, 3.63) is 36.2 Å². The minimum Gasteiger partial charge on any atom is -0.462 e. The van der Waals surface area contributed by atoms with Crippen LogP contribution in [0.3, 0.4) is 0 Å². The van der Waals surface area contributed by atoms with Crippen molar-refractivity contribution >= 4 is 29.0 Å². The lowest BCUT2D eigenvalue weighted by atomic mass is 10.1. The monoisotopic (exact) mass is 369 g/mol. The zero-order chi connectivity index (χ0) is 19.1. The third-order valence-electron chi connectivity index (χ3n) is 4.74. The van der Waals surface area contributed by atoms with Crippen molar-refractivity contribution in [2.75, 3.05) is 23.0 Å². The van der Waals surface area contributed by atoms with Crippen molar-refractivity contribution < 1.29 is 9.53 Å². The lowest BCUT2D eigenvalue weighted by molar-refractivity contribution is 0.0526. The summed E-state index contributed by atoms with van der Waals surface area (Å²) in [7, 11) is 0. The van der Waals surface area contributed by atoms with Crippen LogP contribution in [0, 0.1) is 0 Å². The molecule has 144 valence electrons. The molecule has 1 heterocycles. The van der Waals surface area contributed by atoms with Crippen molar-refractivity contribution in [3.8, 4) is 0 Å². The summed E-state index contributed by atoms with van der Waals surface area (Å²) in [4.78, 5) is 20.3. The van der Waals surface area contributed by atoms with E-state index in [2.05, 4.69) is 20.6 Å². The van der Waals surface area contributed by atoms with Crippen LogP contribution in [0.1, 0.15) is 55.8 Å². The van der Waals surface area contributed by atoms with Crippen molar-refractivity contribution in [3.63, 3.8) is 0 Å². The van der Waals surface area contributed by atoms with Crippen LogP contribution in [-0.4, -0.2) is 28.6 Å². The lowest BCUT2D eigenvalue weighted by Gasteiger charge is -2.19. The molecule has 27 heavy (non-hydrogen) atoms. The molecule has 1 aliphatic carbocycles.